The third-order valence-corrected chi connectivity index (χ3v) is 9.19. The standard InChI is InChI=1S/C33H23F2N3O4S/c34-24-11-10-22-27(28(24)35)23-13-17-43-32(23)21-9-5-4-8-20(21)29(22)38-26-18-41-16-15-36(26)33(40)30-31(25(39)12-14-37(30)38)42-19-6-2-1-3-7-19/h1-14,17,26,29H,15-16,18H2/t26-,29?/m1/s1. The monoisotopic (exact) mass is 595 g/mol. The Balaban J connectivity index is 1.43. The lowest BCUT2D eigenvalue weighted by molar-refractivity contribution is -0.0196. The van der Waals surface area contributed by atoms with Crippen molar-refractivity contribution in [1.29, 1.82) is 0 Å². The molecule has 43 heavy (non-hydrogen) atoms. The van der Waals surface area contributed by atoms with Gasteiger partial charge < -0.3 is 14.4 Å². The highest BCUT2D eigenvalue weighted by molar-refractivity contribution is 7.14. The number of morpholine rings is 1. The van der Waals surface area contributed by atoms with Gasteiger partial charge in [0.25, 0.3) is 5.91 Å². The normalized spacial score (nSPS) is 18.6. The maximum absolute atomic E-state index is 15.9. The number of rotatable bonds is 3. The van der Waals surface area contributed by atoms with Gasteiger partial charge in [-0.3, -0.25) is 19.3 Å². The van der Waals surface area contributed by atoms with Gasteiger partial charge in [0.05, 0.1) is 19.3 Å². The first-order valence-corrected chi connectivity index (χ1v) is 14.7. The van der Waals surface area contributed by atoms with Crippen LogP contribution in [-0.4, -0.2) is 41.4 Å². The first kappa shape index (κ1) is 25.9. The number of benzene rings is 3. The van der Waals surface area contributed by atoms with Crippen LogP contribution in [0.5, 0.6) is 11.5 Å². The van der Waals surface area contributed by atoms with Crippen molar-refractivity contribution in [2.45, 2.75) is 12.2 Å². The van der Waals surface area contributed by atoms with E-state index in [-0.39, 0.29) is 36.1 Å². The van der Waals surface area contributed by atoms with Gasteiger partial charge in [-0.15, -0.1) is 11.3 Å². The Morgan fingerprint density at radius 1 is 0.884 bits per heavy atom. The zero-order valence-corrected chi connectivity index (χ0v) is 23.4. The number of para-hydroxylation sites is 1. The quantitative estimate of drug-likeness (QED) is 0.250. The van der Waals surface area contributed by atoms with E-state index in [1.807, 2.05) is 46.8 Å². The van der Waals surface area contributed by atoms with E-state index in [0.29, 0.717) is 23.5 Å². The zero-order chi connectivity index (χ0) is 29.2. The molecule has 1 saturated heterocycles. The molecule has 1 aliphatic carbocycles. The van der Waals surface area contributed by atoms with Gasteiger partial charge in [0.1, 0.15) is 11.9 Å². The van der Waals surface area contributed by atoms with Crippen molar-refractivity contribution in [3.8, 4) is 33.1 Å². The van der Waals surface area contributed by atoms with Gasteiger partial charge in [0.2, 0.25) is 11.2 Å². The summed E-state index contributed by atoms with van der Waals surface area (Å²) in [6, 6.07) is 21.8. The van der Waals surface area contributed by atoms with Gasteiger partial charge in [0, 0.05) is 34.8 Å². The van der Waals surface area contributed by atoms with Gasteiger partial charge in [-0.05, 0) is 46.3 Å². The summed E-state index contributed by atoms with van der Waals surface area (Å²) in [5, 5.41) is 3.80. The maximum Gasteiger partial charge on any atom is 0.278 e. The van der Waals surface area contributed by atoms with Crippen molar-refractivity contribution in [3.05, 3.63) is 129 Å². The number of carbonyl (C=O) groups is 1. The second kappa shape index (κ2) is 9.89. The van der Waals surface area contributed by atoms with E-state index in [1.54, 1.807) is 46.1 Å². The predicted octanol–water partition coefficient (Wildman–Crippen LogP) is 6.17. The topological polar surface area (TPSA) is 64.0 Å². The van der Waals surface area contributed by atoms with Gasteiger partial charge in [0.15, 0.2) is 17.3 Å². The van der Waals surface area contributed by atoms with Crippen molar-refractivity contribution in [1.82, 2.24) is 9.58 Å². The maximum atomic E-state index is 15.9. The Morgan fingerprint density at radius 3 is 2.56 bits per heavy atom. The fourth-order valence-corrected chi connectivity index (χ4v) is 7.35. The third-order valence-electron chi connectivity index (χ3n) is 8.24. The predicted molar refractivity (Wildman–Crippen MR) is 158 cm³/mol. The van der Waals surface area contributed by atoms with Crippen molar-refractivity contribution in [3.63, 3.8) is 0 Å². The number of nitrogens with zero attached hydrogens (tertiary/aromatic N) is 3. The van der Waals surface area contributed by atoms with Crippen LogP contribution in [0.4, 0.5) is 8.78 Å². The molecule has 214 valence electrons. The lowest BCUT2D eigenvalue weighted by Crippen LogP contribution is -2.66. The molecule has 0 saturated carbocycles. The SMILES string of the molecule is O=C1c2c(Oc3ccccc3)c(=O)ccn2N(C2c3ccccc3-c3sccc3-c3c2ccc(F)c3F)[C@@H]2COCCN12. The van der Waals surface area contributed by atoms with Gasteiger partial charge in [-0.2, -0.15) is 0 Å². The zero-order valence-electron chi connectivity index (χ0n) is 22.6. The number of pyridine rings is 1. The molecule has 2 aliphatic heterocycles. The minimum absolute atomic E-state index is 0.0511. The van der Waals surface area contributed by atoms with Crippen LogP contribution in [0.2, 0.25) is 0 Å². The van der Waals surface area contributed by atoms with E-state index in [0.717, 1.165) is 22.1 Å². The van der Waals surface area contributed by atoms with Crippen molar-refractivity contribution >= 4 is 17.2 Å². The molecule has 8 rings (SSSR count). The Bertz CT molecular complexity index is 1980. The van der Waals surface area contributed by atoms with Crippen LogP contribution >= 0.6 is 11.3 Å². The largest absolute Gasteiger partial charge is 0.451 e. The number of thiophene rings is 1. The van der Waals surface area contributed by atoms with Gasteiger partial charge >= 0.3 is 0 Å². The van der Waals surface area contributed by atoms with Gasteiger partial charge in [-0.25, -0.2) is 8.78 Å². The van der Waals surface area contributed by atoms with E-state index in [4.69, 9.17) is 9.47 Å². The van der Waals surface area contributed by atoms with Crippen molar-refractivity contribution in [2.24, 2.45) is 0 Å². The average Bonchev–Trinajstić information content (AvgIpc) is 3.48. The molecule has 3 aromatic carbocycles. The van der Waals surface area contributed by atoms with Crippen LogP contribution in [-0.2, 0) is 4.74 Å². The highest BCUT2D eigenvalue weighted by atomic mass is 32.1. The number of fused-ring (bicyclic) bond motifs is 7. The smallest absolute Gasteiger partial charge is 0.278 e. The Morgan fingerprint density at radius 2 is 1.70 bits per heavy atom. The summed E-state index contributed by atoms with van der Waals surface area (Å²) in [4.78, 5) is 29.9. The Kier molecular flexibility index (Phi) is 5.95. The molecule has 0 spiro atoms. The van der Waals surface area contributed by atoms with Crippen molar-refractivity contribution in [2.75, 3.05) is 24.8 Å². The average molecular weight is 596 g/mol. The van der Waals surface area contributed by atoms with E-state index in [2.05, 4.69) is 0 Å². The first-order valence-electron chi connectivity index (χ1n) is 13.8. The first-order chi connectivity index (χ1) is 21.0. The molecular formula is C33H23F2N3O4S. The van der Waals surface area contributed by atoms with Crippen LogP contribution < -0.4 is 15.2 Å². The van der Waals surface area contributed by atoms with Crippen LogP contribution in [0.25, 0.3) is 21.6 Å². The molecule has 1 unspecified atom stereocenters. The summed E-state index contributed by atoms with van der Waals surface area (Å²) >= 11 is 1.46. The van der Waals surface area contributed by atoms with E-state index >= 15 is 4.39 Å². The molecule has 5 aromatic rings. The van der Waals surface area contributed by atoms with E-state index in [9.17, 15) is 14.0 Å². The summed E-state index contributed by atoms with van der Waals surface area (Å²) in [5.41, 5.74) is 2.61. The minimum atomic E-state index is -0.945. The summed E-state index contributed by atoms with van der Waals surface area (Å²) in [5.74, 6) is -1.96. The minimum Gasteiger partial charge on any atom is -0.451 e. The summed E-state index contributed by atoms with van der Waals surface area (Å²) in [6.07, 6.45) is 0.929. The molecule has 7 nitrogen and oxygen atoms in total. The van der Waals surface area contributed by atoms with Crippen LogP contribution in [0.15, 0.2) is 95.2 Å². The van der Waals surface area contributed by atoms with Gasteiger partial charge in [-0.1, -0.05) is 48.5 Å². The molecule has 0 radical (unpaired) electrons. The molecule has 4 heterocycles. The molecule has 1 amide bonds. The lowest BCUT2D eigenvalue weighted by atomic mass is 9.92. The molecule has 2 aromatic heterocycles. The summed E-state index contributed by atoms with van der Waals surface area (Å²) in [7, 11) is 0. The molecule has 0 bridgehead atoms. The summed E-state index contributed by atoms with van der Waals surface area (Å²) in [6.45, 7) is 0.767. The fourth-order valence-electron chi connectivity index (χ4n) is 6.40. The van der Waals surface area contributed by atoms with Crippen LogP contribution in [0.3, 0.4) is 0 Å². The molecule has 10 heteroatoms. The number of carbonyl (C=O) groups excluding carboxylic acids is 1. The lowest BCUT2D eigenvalue weighted by Gasteiger charge is -2.51. The highest BCUT2D eigenvalue weighted by Gasteiger charge is 2.47. The number of hydrogen-bond acceptors (Lipinski definition) is 6. The molecule has 3 aliphatic rings. The molecule has 2 atom stereocenters. The summed E-state index contributed by atoms with van der Waals surface area (Å²) < 4.78 is 44.4. The molecule has 0 N–H and O–H groups in total. The number of halogens is 2. The van der Waals surface area contributed by atoms with Crippen molar-refractivity contribution < 1.29 is 23.0 Å². The highest BCUT2D eigenvalue weighted by Crippen LogP contribution is 2.51. The van der Waals surface area contributed by atoms with E-state index in [1.165, 1.54) is 17.4 Å². The molecular weight excluding hydrogens is 572 g/mol. The number of aromatic nitrogens is 1. The number of amides is 1. The molecule has 1 fully saturated rings. The second-order valence-electron chi connectivity index (χ2n) is 10.5. The van der Waals surface area contributed by atoms with E-state index < -0.39 is 29.3 Å². The Hall–Kier alpha value is -4.80. The second-order valence-corrected chi connectivity index (χ2v) is 11.4. The fraction of sp³-hybridized carbons (Fsp3) is 0.152. The van der Waals surface area contributed by atoms with Crippen LogP contribution in [0.1, 0.15) is 27.7 Å². The third kappa shape index (κ3) is 3.87. The van der Waals surface area contributed by atoms with Crippen LogP contribution in [0, 0.1) is 11.6 Å². The Labute approximate surface area is 248 Å². The number of ether oxygens (including phenoxy) is 2. The number of hydrogen-bond donors (Lipinski definition) is 0.